The molecule has 2 atom stereocenters. The molecule has 218 valence electrons. The molecule has 1 N–H and O–H groups in total. The third kappa shape index (κ3) is 4.85. The molecule has 4 aromatic heterocycles. The van der Waals surface area contributed by atoms with Crippen LogP contribution < -0.4 is 0 Å². The first-order chi connectivity index (χ1) is 20.1. The Bertz CT molecular complexity index is 1670. The number of amides is 1. The number of hydrogen-bond donors (Lipinski definition) is 1. The van der Waals surface area contributed by atoms with Gasteiger partial charge in [-0.15, -0.1) is 0 Å². The number of carbonyl (C=O) groups excluding carboxylic acids is 1. The Morgan fingerprint density at radius 2 is 2.02 bits per heavy atom. The first-order valence-corrected chi connectivity index (χ1v) is 13.2. The molecule has 0 saturated carbocycles. The minimum absolute atomic E-state index is 0.0687. The highest BCUT2D eigenvalue weighted by Gasteiger charge is 2.47. The number of nitrogens with zero attached hydrogens (tertiary/aromatic N) is 8. The number of hydrogen-bond acceptors (Lipinski definition) is 7. The Morgan fingerprint density at radius 1 is 1.21 bits per heavy atom. The van der Waals surface area contributed by atoms with Crippen molar-refractivity contribution in [1.29, 1.82) is 5.26 Å². The Balaban J connectivity index is 1.10. The molecule has 1 amide bonds. The van der Waals surface area contributed by atoms with Crippen molar-refractivity contribution in [2.24, 2.45) is 5.92 Å². The van der Waals surface area contributed by atoms with Crippen molar-refractivity contribution in [3.8, 4) is 17.3 Å². The summed E-state index contributed by atoms with van der Waals surface area (Å²) in [5.74, 6) is -3.22. The second-order valence-electron chi connectivity index (χ2n) is 10.7. The van der Waals surface area contributed by atoms with Gasteiger partial charge < -0.3 is 9.88 Å². The molecule has 0 bridgehead atoms. The van der Waals surface area contributed by atoms with Crippen molar-refractivity contribution in [3.05, 3.63) is 60.3 Å². The van der Waals surface area contributed by atoms with Crippen LogP contribution in [0.2, 0.25) is 0 Å². The van der Waals surface area contributed by atoms with E-state index >= 15 is 4.39 Å². The van der Waals surface area contributed by atoms with Crippen molar-refractivity contribution < 1.29 is 26.7 Å². The van der Waals surface area contributed by atoms with Gasteiger partial charge in [0, 0.05) is 61.6 Å². The van der Waals surface area contributed by atoms with Crippen molar-refractivity contribution in [3.63, 3.8) is 0 Å². The van der Waals surface area contributed by atoms with Gasteiger partial charge in [0.2, 0.25) is 0 Å². The fourth-order valence-electron chi connectivity index (χ4n) is 5.86. The molecule has 2 aliphatic rings. The number of pyridine rings is 1. The van der Waals surface area contributed by atoms with E-state index in [0.29, 0.717) is 37.2 Å². The largest absolute Gasteiger partial charge is 0.436 e. The number of nitrogens with one attached hydrogen (secondary N) is 1. The maximum atomic E-state index is 15.2. The molecule has 6 rings (SSSR count). The zero-order chi connectivity index (χ0) is 29.6. The molecule has 15 heteroatoms. The van der Waals surface area contributed by atoms with E-state index < -0.39 is 46.8 Å². The Labute approximate surface area is 235 Å². The number of aromatic amines is 1. The molecule has 2 fully saturated rings. The summed E-state index contributed by atoms with van der Waals surface area (Å²) in [6.07, 6.45) is 1.40. The van der Waals surface area contributed by atoms with Crippen LogP contribution in [0.5, 0.6) is 0 Å². The molecule has 0 aromatic carbocycles. The van der Waals surface area contributed by atoms with E-state index in [0.717, 1.165) is 21.9 Å². The van der Waals surface area contributed by atoms with E-state index in [4.69, 9.17) is 0 Å². The van der Waals surface area contributed by atoms with Gasteiger partial charge in [0.15, 0.2) is 11.5 Å². The third-order valence-electron chi connectivity index (χ3n) is 7.98. The molecule has 0 aliphatic carbocycles. The number of rotatable bonds is 6. The summed E-state index contributed by atoms with van der Waals surface area (Å²) >= 11 is 0. The lowest BCUT2D eigenvalue weighted by Gasteiger charge is -2.51. The Kier molecular flexibility index (Phi) is 6.88. The van der Waals surface area contributed by atoms with Crippen molar-refractivity contribution >= 4 is 16.9 Å². The first-order valence-electron chi connectivity index (χ1n) is 13.2. The van der Waals surface area contributed by atoms with E-state index in [1.807, 2.05) is 17.2 Å². The molecule has 6 heterocycles. The number of piperidine rings is 1. The monoisotopic (exact) mass is 585 g/mol. The Hall–Kier alpha value is -4.45. The van der Waals surface area contributed by atoms with Gasteiger partial charge in [-0.2, -0.15) is 23.5 Å². The lowest BCUT2D eigenvalue weighted by atomic mass is 9.84. The number of fused-ring (bicyclic) bond motifs is 1. The van der Waals surface area contributed by atoms with Crippen LogP contribution >= 0.6 is 0 Å². The number of carbonyl (C=O) groups is 1. The van der Waals surface area contributed by atoms with E-state index in [2.05, 4.69) is 31.1 Å². The molecule has 42 heavy (non-hydrogen) atoms. The summed E-state index contributed by atoms with van der Waals surface area (Å²) < 4.78 is 70.5. The van der Waals surface area contributed by atoms with Crippen molar-refractivity contribution in [2.45, 2.75) is 30.7 Å². The van der Waals surface area contributed by atoms with Gasteiger partial charge in [-0.05, 0) is 18.6 Å². The number of likely N-dealkylation sites (tertiary alicyclic amines) is 2. The zero-order valence-electron chi connectivity index (χ0n) is 22.0. The Morgan fingerprint density at radius 3 is 2.76 bits per heavy atom. The fraction of sp³-hybridized carbons (Fsp3) is 0.407. The fourth-order valence-corrected chi connectivity index (χ4v) is 5.86. The van der Waals surface area contributed by atoms with Crippen molar-refractivity contribution in [1.82, 2.24) is 39.5 Å². The summed E-state index contributed by atoms with van der Waals surface area (Å²) in [6, 6.07) is 4.97. The van der Waals surface area contributed by atoms with E-state index in [9.17, 15) is 27.6 Å². The molecule has 10 nitrogen and oxygen atoms in total. The lowest BCUT2D eigenvalue weighted by Crippen LogP contribution is -2.64. The first kappa shape index (κ1) is 27.7. The predicted molar refractivity (Wildman–Crippen MR) is 138 cm³/mol. The van der Waals surface area contributed by atoms with Gasteiger partial charge >= 0.3 is 6.18 Å². The molecule has 0 spiro atoms. The molecule has 2 aliphatic heterocycles. The molecule has 0 radical (unpaired) electrons. The highest BCUT2D eigenvalue weighted by molar-refractivity contribution is 5.94. The maximum absolute atomic E-state index is 15.2. The number of H-pyrrole nitrogens is 1. The van der Waals surface area contributed by atoms with Crippen LogP contribution in [0.15, 0.2) is 43.2 Å². The highest BCUT2D eigenvalue weighted by Crippen LogP contribution is 2.36. The van der Waals surface area contributed by atoms with Crippen LogP contribution in [0.1, 0.15) is 28.9 Å². The topological polar surface area (TPSA) is 120 Å². The summed E-state index contributed by atoms with van der Waals surface area (Å²) in [7, 11) is 0. The van der Waals surface area contributed by atoms with Crippen LogP contribution in [0.3, 0.4) is 0 Å². The van der Waals surface area contributed by atoms with Gasteiger partial charge in [-0.1, -0.05) is 0 Å². The second kappa shape index (κ2) is 10.4. The SMILES string of the molecule is N#CCC1(n2cc(-c3ncnc4[nH]ccc34)cn2)CN(C[C@@H]2CCN(C(=O)c3ccnc(C(F)(F)F)c3F)C[C@@H]2F)C1. The predicted octanol–water partition coefficient (Wildman–Crippen LogP) is 3.80. The van der Waals surface area contributed by atoms with Crippen LogP contribution in [0.4, 0.5) is 22.0 Å². The molecule has 4 aromatic rings. The standard InChI is InChI=1S/C27H24F5N9O/c28-20-12-40(25(42)18-1-6-34-23(21(18)29)27(30,31)32)8-3-16(20)10-39-13-26(14-39,4-5-33)41-11-17(9-38-41)22-19-2-7-35-24(19)37-15-36-22/h1-2,6-7,9,11,15-16,20H,3-4,8,10,12-14H2,(H,35,36,37)/t16-,20-/m0/s1. The maximum Gasteiger partial charge on any atom is 0.436 e. The van der Waals surface area contributed by atoms with Gasteiger partial charge in [0.25, 0.3) is 5.91 Å². The molecular weight excluding hydrogens is 561 g/mol. The summed E-state index contributed by atoms with van der Waals surface area (Å²) in [5, 5.41) is 14.9. The molecular formula is C27H24F5N9O. The number of nitriles is 1. The summed E-state index contributed by atoms with van der Waals surface area (Å²) in [4.78, 5) is 30.5. The van der Waals surface area contributed by atoms with Crippen molar-refractivity contribution in [2.75, 3.05) is 32.7 Å². The number of aromatic nitrogens is 6. The van der Waals surface area contributed by atoms with Gasteiger partial charge in [-0.3, -0.25) is 14.4 Å². The summed E-state index contributed by atoms with van der Waals surface area (Å²) in [5.41, 5.74) is -0.998. The number of alkyl halides is 4. The van der Waals surface area contributed by atoms with Gasteiger partial charge in [0.1, 0.15) is 23.7 Å². The van der Waals surface area contributed by atoms with E-state index in [-0.39, 0.29) is 25.9 Å². The minimum Gasteiger partial charge on any atom is -0.346 e. The van der Waals surface area contributed by atoms with E-state index in [1.54, 1.807) is 17.1 Å². The van der Waals surface area contributed by atoms with Crippen LogP contribution in [0, 0.1) is 23.1 Å². The number of halogens is 5. The quantitative estimate of drug-likeness (QED) is 0.342. The summed E-state index contributed by atoms with van der Waals surface area (Å²) in [6.45, 7) is 0.985. The van der Waals surface area contributed by atoms with Crippen LogP contribution in [-0.4, -0.2) is 84.3 Å². The van der Waals surface area contributed by atoms with Crippen LogP contribution in [-0.2, 0) is 11.7 Å². The minimum atomic E-state index is -5.06. The van der Waals surface area contributed by atoms with Crippen LogP contribution in [0.25, 0.3) is 22.3 Å². The molecule has 2 saturated heterocycles. The highest BCUT2D eigenvalue weighted by atomic mass is 19.4. The average Bonchev–Trinajstić information content (AvgIpc) is 3.62. The third-order valence-corrected chi connectivity index (χ3v) is 7.98. The second-order valence-corrected chi connectivity index (χ2v) is 10.7. The average molecular weight is 586 g/mol. The van der Waals surface area contributed by atoms with Gasteiger partial charge in [0.05, 0.1) is 36.5 Å². The normalized spacial score (nSPS) is 20.8. The smallest absolute Gasteiger partial charge is 0.346 e. The zero-order valence-corrected chi connectivity index (χ0v) is 22.0. The lowest BCUT2D eigenvalue weighted by molar-refractivity contribution is -0.143. The van der Waals surface area contributed by atoms with Gasteiger partial charge in [-0.25, -0.2) is 23.7 Å². The molecule has 0 unspecified atom stereocenters. The van der Waals surface area contributed by atoms with E-state index in [1.165, 1.54) is 6.33 Å².